The van der Waals surface area contributed by atoms with Gasteiger partial charge in [-0.1, -0.05) is 24.3 Å². The van der Waals surface area contributed by atoms with E-state index in [9.17, 15) is 4.79 Å². The predicted octanol–water partition coefficient (Wildman–Crippen LogP) is 4.80. The third-order valence-electron chi connectivity index (χ3n) is 8.49. The van der Waals surface area contributed by atoms with Crippen molar-refractivity contribution in [3.8, 4) is 5.75 Å². The second-order valence-electron chi connectivity index (χ2n) is 11.6. The molecular formula is C32H40N6O3. The van der Waals surface area contributed by atoms with E-state index in [0.29, 0.717) is 12.3 Å². The molecule has 0 bridgehead atoms. The van der Waals surface area contributed by atoms with Crippen LogP contribution in [0.3, 0.4) is 0 Å². The van der Waals surface area contributed by atoms with Gasteiger partial charge in [0.15, 0.2) is 0 Å². The van der Waals surface area contributed by atoms with Crippen LogP contribution in [0, 0.1) is 19.3 Å². The summed E-state index contributed by atoms with van der Waals surface area (Å²) in [5.74, 6) is 6.34. The highest BCUT2D eigenvalue weighted by atomic mass is 16.5. The Morgan fingerprint density at radius 2 is 2.00 bits per heavy atom. The van der Waals surface area contributed by atoms with Crippen molar-refractivity contribution in [1.29, 1.82) is 0 Å². The van der Waals surface area contributed by atoms with E-state index >= 15 is 0 Å². The number of ether oxygens (including phenoxy) is 2. The molecule has 0 aliphatic carbocycles. The normalized spacial score (nSPS) is 14.7. The summed E-state index contributed by atoms with van der Waals surface area (Å²) in [6.45, 7) is 10.8. The Balaban J connectivity index is 1.55. The van der Waals surface area contributed by atoms with Gasteiger partial charge in [0.2, 0.25) is 0 Å². The number of nitrogens with one attached hydrogen (secondary N) is 1. The summed E-state index contributed by atoms with van der Waals surface area (Å²) < 4.78 is 11.4. The molecule has 0 radical (unpaired) electrons. The van der Waals surface area contributed by atoms with Crippen molar-refractivity contribution in [2.75, 3.05) is 38.1 Å². The number of carbonyl (C=O) groups excluding carboxylic acids is 1. The fourth-order valence-corrected chi connectivity index (χ4v) is 6.07. The van der Waals surface area contributed by atoms with Crippen molar-refractivity contribution >= 4 is 28.2 Å². The number of anilines is 2. The number of nitrogens with zero attached hydrogens (tertiary/aromatic N) is 3. The summed E-state index contributed by atoms with van der Waals surface area (Å²) in [5, 5.41) is 9.97. The summed E-state index contributed by atoms with van der Waals surface area (Å²) >= 11 is 0. The van der Waals surface area contributed by atoms with E-state index in [-0.39, 0.29) is 11.9 Å². The Labute approximate surface area is 241 Å². The van der Waals surface area contributed by atoms with Gasteiger partial charge in [-0.2, -0.15) is 5.10 Å². The number of hydrazine groups is 1. The molecule has 0 saturated carbocycles. The van der Waals surface area contributed by atoms with Crippen LogP contribution in [0.25, 0.3) is 10.9 Å². The van der Waals surface area contributed by atoms with Crippen LogP contribution in [-0.2, 0) is 22.6 Å². The first-order chi connectivity index (χ1) is 19.5. The average Bonchev–Trinajstić information content (AvgIpc) is 3.33. The van der Waals surface area contributed by atoms with Crippen LogP contribution >= 0.6 is 0 Å². The fraction of sp³-hybridized carbons (Fsp3) is 0.375. The van der Waals surface area contributed by atoms with Gasteiger partial charge in [-0.05, 0) is 73.7 Å². The summed E-state index contributed by atoms with van der Waals surface area (Å²) in [5.41, 5.74) is 14.4. The molecule has 41 heavy (non-hydrogen) atoms. The van der Waals surface area contributed by atoms with Crippen LogP contribution in [0.1, 0.15) is 53.1 Å². The molecule has 9 heteroatoms. The number of hydrogen-bond acceptors (Lipinski definition) is 8. The van der Waals surface area contributed by atoms with Crippen LogP contribution < -0.4 is 21.3 Å². The number of fused-ring (bicyclic) bond motifs is 3. The molecule has 1 aliphatic heterocycles. The lowest BCUT2D eigenvalue weighted by Crippen LogP contribution is -2.34. The quantitative estimate of drug-likeness (QED) is 0.128. The minimum atomic E-state index is -0.865. The highest BCUT2D eigenvalue weighted by molar-refractivity contribution is 5.83. The van der Waals surface area contributed by atoms with Crippen molar-refractivity contribution < 1.29 is 14.3 Å². The molecule has 5 N–H and O–H groups in total. The number of esters is 1. The Hall–Kier alpha value is -4.08. The van der Waals surface area contributed by atoms with Crippen molar-refractivity contribution in [3.63, 3.8) is 0 Å². The Kier molecular flexibility index (Phi) is 7.68. The first kappa shape index (κ1) is 28.4. The summed E-state index contributed by atoms with van der Waals surface area (Å²) in [7, 11) is 3.20. The average molecular weight is 557 g/mol. The molecule has 4 aromatic rings. The lowest BCUT2D eigenvalue weighted by Gasteiger charge is -2.35. The van der Waals surface area contributed by atoms with Crippen molar-refractivity contribution in [1.82, 2.24) is 15.1 Å². The number of benzene rings is 3. The molecule has 1 aliphatic rings. The van der Waals surface area contributed by atoms with Gasteiger partial charge in [-0.3, -0.25) is 14.8 Å². The van der Waals surface area contributed by atoms with Crippen LogP contribution in [-0.4, -0.2) is 48.4 Å². The van der Waals surface area contributed by atoms with Crippen LogP contribution in [0.4, 0.5) is 11.4 Å². The maximum absolute atomic E-state index is 13.2. The predicted molar refractivity (Wildman–Crippen MR) is 163 cm³/mol. The van der Waals surface area contributed by atoms with E-state index in [0.717, 1.165) is 64.2 Å². The molecule has 1 unspecified atom stereocenters. The van der Waals surface area contributed by atoms with Crippen LogP contribution in [0.15, 0.2) is 48.7 Å². The molecule has 0 fully saturated rings. The van der Waals surface area contributed by atoms with Gasteiger partial charge in [0, 0.05) is 43.5 Å². The minimum absolute atomic E-state index is 0.285. The lowest BCUT2D eigenvalue weighted by atomic mass is 9.69. The number of aromatic amines is 1. The molecule has 216 valence electrons. The van der Waals surface area contributed by atoms with Crippen LogP contribution in [0.2, 0.25) is 0 Å². The number of nitrogens with two attached hydrogens (primary N) is 2. The van der Waals surface area contributed by atoms with Crippen molar-refractivity contribution in [2.45, 2.75) is 46.7 Å². The van der Waals surface area contributed by atoms with E-state index in [1.807, 2.05) is 51.2 Å². The zero-order valence-electron chi connectivity index (χ0n) is 24.7. The molecule has 1 aromatic heterocycles. The topological polar surface area (TPSA) is 123 Å². The third-order valence-corrected chi connectivity index (χ3v) is 8.49. The van der Waals surface area contributed by atoms with Gasteiger partial charge in [-0.15, -0.1) is 0 Å². The second kappa shape index (κ2) is 11.1. The lowest BCUT2D eigenvalue weighted by molar-refractivity contribution is -0.151. The Morgan fingerprint density at radius 1 is 1.22 bits per heavy atom. The van der Waals surface area contributed by atoms with E-state index in [1.165, 1.54) is 23.2 Å². The Bertz CT molecular complexity index is 1590. The summed E-state index contributed by atoms with van der Waals surface area (Å²) in [6, 6.07) is 14.5. The zero-order valence-corrected chi connectivity index (χ0v) is 24.7. The van der Waals surface area contributed by atoms with Crippen molar-refractivity contribution in [3.05, 3.63) is 82.0 Å². The van der Waals surface area contributed by atoms with Gasteiger partial charge in [0.25, 0.3) is 0 Å². The first-order valence-corrected chi connectivity index (χ1v) is 13.9. The standard InChI is InChI=1S/C32H40N6O3/c1-19-7-8-21(28(32(3,4)31(39)40-6)24-10-11-26(37(5)34)29(33)20(24)2)15-23(19)17-38-13-14-41-27-12-9-22-16-35-36-30(22)25(27)18-38/h7-12,15-16,28H,13-14,17-18,33-34H2,1-6H3,(H,35,36). The molecule has 9 nitrogen and oxygen atoms in total. The summed E-state index contributed by atoms with van der Waals surface area (Å²) in [6.07, 6.45) is 1.84. The summed E-state index contributed by atoms with van der Waals surface area (Å²) in [4.78, 5) is 15.6. The number of methoxy groups -OCH3 is 1. The SMILES string of the molecule is COC(=O)C(C)(C)C(c1ccc(C)c(CN2CCOc3ccc4cn[nH]c4c3C2)c1)c1ccc(N(C)N)c(N)c1C. The molecule has 0 saturated heterocycles. The number of nitrogen functional groups attached to an aromatic ring is 1. The van der Waals surface area contributed by atoms with E-state index in [4.69, 9.17) is 21.1 Å². The number of H-pyrrole nitrogens is 1. The largest absolute Gasteiger partial charge is 0.492 e. The minimum Gasteiger partial charge on any atom is -0.492 e. The molecule has 2 heterocycles. The molecule has 0 spiro atoms. The number of aromatic nitrogens is 2. The fourth-order valence-electron chi connectivity index (χ4n) is 6.07. The van der Waals surface area contributed by atoms with Gasteiger partial charge < -0.3 is 20.2 Å². The molecule has 1 atom stereocenters. The highest BCUT2D eigenvalue weighted by Gasteiger charge is 2.41. The zero-order chi connectivity index (χ0) is 29.5. The Morgan fingerprint density at radius 3 is 2.73 bits per heavy atom. The highest BCUT2D eigenvalue weighted by Crippen LogP contribution is 2.45. The number of aryl methyl sites for hydroxylation is 1. The molecule has 3 aromatic carbocycles. The monoisotopic (exact) mass is 556 g/mol. The van der Waals surface area contributed by atoms with E-state index < -0.39 is 5.41 Å². The van der Waals surface area contributed by atoms with Crippen LogP contribution in [0.5, 0.6) is 5.75 Å². The van der Waals surface area contributed by atoms with E-state index in [1.54, 1.807) is 7.05 Å². The van der Waals surface area contributed by atoms with Gasteiger partial charge in [0.05, 0.1) is 35.6 Å². The maximum Gasteiger partial charge on any atom is 0.312 e. The van der Waals surface area contributed by atoms with Gasteiger partial charge >= 0.3 is 5.97 Å². The molecule has 5 rings (SSSR count). The number of hydrogen-bond donors (Lipinski definition) is 3. The maximum atomic E-state index is 13.2. The van der Waals surface area contributed by atoms with E-state index in [2.05, 4.69) is 40.2 Å². The molecular weight excluding hydrogens is 516 g/mol. The third kappa shape index (κ3) is 5.23. The van der Waals surface area contributed by atoms with Crippen molar-refractivity contribution in [2.24, 2.45) is 11.3 Å². The smallest absolute Gasteiger partial charge is 0.312 e. The van der Waals surface area contributed by atoms with Gasteiger partial charge in [0.1, 0.15) is 12.4 Å². The first-order valence-electron chi connectivity index (χ1n) is 13.9. The number of carbonyl (C=O) groups is 1. The second-order valence-corrected chi connectivity index (χ2v) is 11.6. The molecule has 0 amide bonds. The van der Waals surface area contributed by atoms with Gasteiger partial charge in [-0.25, -0.2) is 5.84 Å². The number of rotatable bonds is 7.